The molecule has 0 heterocycles. The van der Waals surface area contributed by atoms with Crippen LogP contribution in [0.25, 0.3) is 0 Å². The standard InChI is InChI=1S/C16H19N3O2/c1-3-17-14-10-7-11-15(16(14)19(20)21)18(2)12-13-8-5-4-6-9-13/h4-11,17H,3,12H2,1-2H3. The summed E-state index contributed by atoms with van der Waals surface area (Å²) in [5, 5.41) is 14.5. The van der Waals surface area contributed by atoms with Gasteiger partial charge in [-0.15, -0.1) is 0 Å². The van der Waals surface area contributed by atoms with Gasteiger partial charge in [0, 0.05) is 20.1 Å². The predicted molar refractivity (Wildman–Crippen MR) is 85.8 cm³/mol. The maximum atomic E-state index is 11.4. The molecule has 0 aliphatic carbocycles. The second kappa shape index (κ2) is 6.74. The molecule has 5 heteroatoms. The largest absolute Gasteiger partial charge is 0.380 e. The van der Waals surface area contributed by atoms with Crippen LogP contribution in [0, 0.1) is 10.1 Å². The van der Waals surface area contributed by atoms with E-state index >= 15 is 0 Å². The number of nitrogens with zero attached hydrogens (tertiary/aromatic N) is 2. The summed E-state index contributed by atoms with van der Waals surface area (Å²) < 4.78 is 0. The summed E-state index contributed by atoms with van der Waals surface area (Å²) in [6.07, 6.45) is 0. The molecular formula is C16H19N3O2. The molecule has 0 unspecified atom stereocenters. The average molecular weight is 285 g/mol. The summed E-state index contributed by atoms with van der Waals surface area (Å²) in [6.45, 7) is 3.19. The number of para-hydroxylation sites is 1. The lowest BCUT2D eigenvalue weighted by Gasteiger charge is -2.20. The lowest BCUT2D eigenvalue weighted by atomic mass is 10.1. The molecule has 2 aromatic carbocycles. The Hall–Kier alpha value is -2.56. The maximum absolute atomic E-state index is 11.4. The van der Waals surface area contributed by atoms with Crippen LogP contribution in [0.2, 0.25) is 0 Å². The number of benzene rings is 2. The Bertz CT molecular complexity index is 614. The molecule has 0 aromatic heterocycles. The van der Waals surface area contributed by atoms with E-state index in [2.05, 4.69) is 5.32 Å². The van der Waals surface area contributed by atoms with Crippen LogP contribution in [0.15, 0.2) is 48.5 Å². The van der Waals surface area contributed by atoms with E-state index in [0.717, 1.165) is 5.56 Å². The molecule has 0 aliphatic heterocycles. The topological polar surface area (TPSA) is 58.4 Å². The number of rotatable bonds is 6. The lowest BCUT2D eigenvalue weighted by Crippen LogP contribution is -2.18. The molecule has 0 radical (unpaired) electrons. The highest BCUT2D eigenvalue weighted by atomic mass is 16.6. The van der Waals surface area contributed by atoms with Crippen molar-refractivity contribution < 1.29 is 4.92 Å². The minimum atomic E-state index is -0.325. The molecule has 0 atom stereocenters. The van der Waals surface area contributed by atoms with Crippen molar-refractivity contribution in [3.05, 3.63) is 64.2 Å². The number of hydrogen-bond acceptors (Lipinski definition) is 4. The van der Waals surface area contributed by atoms with Crippen molar-refractivity contribution in [2.75, 3.05) is 23.8 Å². The van der Waals surface area contributed by atoms with Crippen LogP contribution in [0.5, 0.6) is 0 Å². The fourth-order valence-electron chi connectivity index (χ4n) is 2.31. The minimum Gasteiger partial charge on any atom is -0.380 e. The Labute approximate surface area is 124 Å². The van der Waals surface area contributed by atoms with Crippen molar-refractivity contribution in [2.45, 2.75) is 13.5 Å². The van der Waals surface area contributed by atoms with E-state index in [1.165, 1.54) is 0 Å². The van der Waals surface area contributed by atoms with Crippen LogP contribution < -0.4 is 10.2 Å². The highest BCUT2D eigenvalue weighted by Gasteiger charge is 2.21. The first kappa shape index (κ1) is 14.8. The van der Waals surface area contributed by atoms with Gasteiger partial charge in [0.1, 0.15) is 11.4 Å². The average Bonchev–Trinajstić information content (AvgIpc) is 2.48. The van der Waals surface area contributed by atoms with Gasteiger partial charge in [0.05, 0.1) is 4.92 Å². The summed E-state index contributed by atoms with van der Waals surface area (Å²) >= 11 is 0. The number of nitro groups is 1. The van der Waals surface area contributed by atoms with Gasteiger partial charge in [-0.3, -0.25) is 10.1 Å². The molecule has 0 saturated carbocycles. The summed E-state index contributed by atoms with van der Waals surface area (Å²) in [5.41, 5.74) is 2.41. The Kier molecular flexibility index (Phi) is 4.77. The Balaban J connectivity index is 2.34. The van der Waals surface area contributed by atoms with Crippen LogP contribution in [0.3, 0.4) is 0 Å². The number of hydrogen-bond donors (Lipinski definition) is 1. The minimum absolute atomic E-state index is 0.123. The van der Waals surface area contributed by atoms with E-state index in [-0.39, 0.29) is 10.6 Å². The molecule has 0 amide bonds. The molecule has 0 spiro atoms. The van der Waals surface area contributed by atoms with Crippen molar-refractivity contribution in [1.29, 1.82) is 0 Å². The quantitative estimate of drug-likeness (QED) is 0.650. The highest BCUT2D eigenvalue weighted by molar-refractivity contribution is 5.76. The van der Waals surface area contributed by atoms with Crippen molar-refractivity contribution in [3.8, 4) is 0 Å². The van der Waals surface area contributed by atoms with Gasteiger partial charge in [-0.1, -0.05) is 36.4 Å². The Morgan fingerprint density at radius 3 is 2.48 bits per heavy atom. The predicted octanol–water partition coefficient (Wildman–Crippen LogP) is 3.66. The SMILES string of the molecule is CCNc1cccc(N(C)Cc2ccccc2)c1[N+](=O)[O-]. The van der Waals surface area contributed by atoms with Crippen LogP contribution in [0.1, 0.15) is 12.5 Å². The van der Waals surface area contributed by atoms with E-state index in [4.69, 9.17) is 0 Å². The molecule has 0 saturated heterocycles. The van der Waals surface area contributed by atoms with Gasteiger partial charge in [-0.25, -0.2) is 0 Å². The van der Waals surface area contributed by atoms with Gasteiger partial charge in [0.25, 0.3) is 0 Å². The normalized spacial score (nSPS) is 10.2. The summed E-state index contributed by atoms with van der Waals surface area (Å²) in [7, 11) is 1.87. The smallest absolute Gasteiger partial charge is 0.315 e. The van der Waals surface area contributed by atoms with E-state index in [1.807, 2.05) is 55.3 Å². The van der Waals surface area contributed by atoms with Crippen molar-refractivity contribution >= 4 is 17.1 Å². The lowest BCUT2D eigenvalue weighted by molar-refractivity contribution is -0.383. The third kappa shape index (κ3) is 3.51. The summed E-state index contributed by atoms with van der Waals surface area (Å²) in [5.74, 6) is 0. The summed E-state index contributed by atoms with van der Waals surface area (Å²) in [4.78, 5) is 13.0. The fraction of sp³-hybridized carbons (Fsp3) is 0.250. The molecule has 0 aliphatic rings. The molecule has 110 valence electrons. The van der Waals surface area contributed by atoms with Gasteiger partial charge in [-0.05, 0) is 24.6 Å². The van der Waals surface area contributed by atoms with E-state index in [0.29, 0.717) is 24.5 Å². The number of anilines is 2. The molecule has 2 rings (SSSR count). The van der Waals surface area contributed by atoms with Crippen molar-refractivity contribution in [3.63, 3.8) is 0 Å². The second-order valence-corrected chi connectivity index (χ2v) is 4.80. The third-order valence-electron chi connectivity index (χ3n) is 3.24. The second-order valence-electron chi connectivity index (χ2n) is 4.80. The third-order valence-corrected chi connectivity index (χ3v) is 3.24. The Morgan fingerprint density at radius 1 is 1.14 bits per heavy atom. The zero-order valence-corrected chi connectivity index (χ0v) is 12.2. The van der Waals surface area contributed by atoms with E-state index in [9.17, 15) is 10.1 Å². The van der Waals surface area contributed by atoms with Gasteiger partial charge >= 0.3 is 5.69 Å². The molecule has 0 bridgehead atoms. The van der Waals surface area contributed by atoms with Gasteiger partial charge in [0.2, 0.25) is 0 Å². The molecule has 21 heavy (non-hydrogen) atoms. The number of nitro benzene ring substituents is 1. The van der Waals surface area contributed by atoms with Crippen LogP contribution in [-0.4, -0.2) is 18.5 Å². The highest BCUT2D eigenvalue weighted by Crippen LogP contribution is 2.35. The Morgan fingerprint density at radius 2 is 1.86 bits per heavy atom. The first-order valence-corrected chi connectivity index (χ1v) is 6.89. The van der Waals surface area contributed by atoms with Crippen LogP contribution >= 0.6 is 0 Å². The first-order valence-electron chi connectivity index (χ1n) is 6.89. The fourth-order valence-corrected chi connectivity index (χ4v) is 2.31. The molecule has 1 N–H and O–H groups in total. The zero-order valence-electron chi connectivity index (χ0n) is 12.2. The monoisotopic (exact) mass is 285 g/mol. The van der Waals surface area contributed by atoms with E-state index < -0.39 is 0 Å². The molecule has 0 fully saturated rings. The zero-order chi connectivity index (χ0) is 15.2. The maximum Gasteiger partial charge on any atom is 0.315 e. The van der Waals surface area contributed by atoms with Gasteiger partial charge in [-0.2, -0.15) is 0 Å². The molecule has 5 nitrogen and oxygen atoms in total. The molecule has 2 aromatic rings. The van der Waals surface area contributed by atoms with Crippen LogP contribution in [0.4, 0.5) is 17.1 Å². The van der Waals surface area contributed by atoms with E-state index in [1.54, 1.807) is 12.1 Å². The molecular weight excluding hydrogens is 266 g/mol. The first-order chi connectivity index (χ1) is 10.1. The van der Waals surface area contributed by atoms with Gasteiger partial charge in [0.15, 0.2) is 0 Å². The van der Waals surface area contributed by atoms with Crippen LogP contribution in [-0.2, 0) is 6.54 Å². The number of nitrogens with one attached hydrogen (secondary N) is 1. The van der Waals surface area contributed by atoms with Crippen molar-refractivity contribution in [1.82, 2.24) is 0 Å². The van der Waals surface area contributed by atoms with Crippen molar-refractivity contribution in [2.24, 2.45) is 0 Å². The van der Waals surface area contributed by atoms with Gasteiger partial charge < -0.3 is 10.2 Å². The summed E-state index contributed by atoms with van der Waals surface area (Å²) in [6, 6.07) is 15.3.